The van der Waals surface area contributed by atoms with E-state index in [1.54, 1.807) is 24.3 Å². The minimum atomic E-state index is -3.12. The van der Waals surface area contributed by atoms with Gasteiger partial charge < -0.3 is 11.1 Å². The van der Waals surface area contributed by atoms with Crippen molar-refractivity contribution in [1.82, 2.24) is 5.32 Å². The van der Waals surface area contributed by atoms with Gasteiger partial charge in [0.15, 0.2) is 15.8 Å². The maximum atomic E-state index is 11.6. The predicted molar refractivity (Wildman–Crippen MR) is 108 cm³/mol. The first kappa shape index (κ1) is 20.6. The zero-order chi connectivity index (χ0) is 19.3. The van der Waals surface area contributed by atoms with Gasteiger partial charge in [0.25, 0.3) is 0 Å². The fourth-order valence-electron chi connectivity index (χ4n) is 2.50. The molecule has 0 saturated carbocycles. The molecule has 0 radical (unpaired) electrons. The quantitative estimate of drug-likeness (QED) is 0.558. The molecule has 0 spiro atoms. The van der Waals surface area contributed by atoms with E-state index in [1.807, 2.05) is 25.1 Å². The van der Waals surface area contributed by atoms with Crippen molar-refractivity contribution in [2.45, 2.75) is 25.3 Å². The normalized spacial score (nSPS) is 13.5. The van der Waals surface area contributed by atoms with Crippen molar-refractivity contribution in [3.8, 4) is 0 Å². The number of halogens is 2. The van der Waals surface area contributed by atoms with Crippen LogP contribution in [0.5, 0.6) is 0 Å². The lowest BCUT2D eigenvalue weighted by molar-refractivity contribution is 0.601. The smallest absolute Gasteiger partial charge is 0.189 e. The van der Waals surface area contributed by atoms with Gasteiger partial charge in [0.2, 0.25) is 0 Å². The first-order chi connectivity index (χ1) is 12.2. The van der Waals surface area contributed by atoms with Crippen LogP contribution in [0.25, 0.3) is 0 Å². The average molecular weight is 414 g/mol. The fourth-order valence-corrected chi connectivity index (χ4v) is 3.92. The number of nitrogens with one attached hydrogen (secondary N) is 1. The van der Waals surface area contributed by atoms with E-state index in [1.165, 1.54) is 6.26 Å². The molecule has 1 unspecified atom stereocenters. The molecular weight excluding hydrogens is 393 g/mol. The molecule has 8 heteroatoms. The third-order valence-electron chi connectivity index (χ3n) is 3.75. The van der Waals surface area contributed by atoms with Crippen LogP contribution in [0.2, 0.25) is 10.0 Å². The van der Waals surface area contributed by atoms with Gasteiger partial charge in [-0.3, -0.25) is 0 Å². The maximum Gasteiger partial charge on any atom is 0.189 e. The first-order valence-electron chi connectivity index (χ1n) is 7.91. The largest absolute Gasteiger partial charge is 0.370 e. The van der Waals surface area contributed by atoms with E-state index in [9.17, 15) is 8.42 Å². The molecular formula is C18H21Cl2N3O2S. The van der Waals surface area contributed by atoms with Crippen LogP contribution in [-0.4, -0.2) is 20.6 Å². The zero-order valence-corrected chi connectivity index (χ0v) is 16.9. The van der Waals surface area contributed by atoms with Crippen molar-refractivity contribution in [2.24, 2.45) is 10.7 Å². The second-order valence-corrected chi connectivity index (χ2v) is 9.06. The molecule has 1 atom stereocenters. The lowest BCUT2D eigenvalue weighted by atomic mass is 10.1. The van der Waals surface area contributed by atoms with Gasteiger partial charge >= 0.3 is 0 Å². The summed E-state index contributed by atoms with van der Waals surface area (Å²) in [5.74, 6) is 0.223. The third kappa shape index (κ3) is 6.20. The molecule has 0 bridgehead atoms. The molecule has 0 aliphatic carbocycles. The van der Waals surface area contributed by atoms with Crippen LogP contribution < -0.4 is 11.1 Å². The number of nitrogens with two attached hydrogens (primary N) is 1. The molecule has 26 heavy (non-hydrogen) atoms. The van der Waals surface area contributed by atoms with Gasteiger partial charge in [-0.15, -0.1) is 0 Å². The number of hydrogen-bond acceptors (Lipinski definition) is 3. The number of nitrogens with zero attached hydrogens (tertiary/aromatic N) is 1. The molecule has 0 amide bonds. The van der Waals surface area contributed by atoms with Crippen LogP contribution >= 0.6 is 23.2 Å². The summed E-state index contributed by atoms with van der Waals surface area (Å²) in [6, 6.07) is 12.4. The molecule has 0 fully saturated rings. The van der Waals surface area contributed by atoms with Gasteiger partial charge in [-0.1, -0.05) is 53.5 Å². The summed E-state index contributed by atoms with van der Waals surface area (Å²) in [5, 5.41) is 4.19. The fraction of sp³-hybridized carbons (Fsp3) is 0.278. The molecule has 0 aromatic heterocycles. The molecule has 0 aliphatic rings. The minimum Gasteiger partial charge on any atom is -0.370 e. The molecule has 5 nitrogen and oxygen atoms in total. The summed E-state index contributed by atoms with van der Waals surface area (Å²) in [4.78, 5) is 4.32. The standard InChI is InChI=1S/C18H21Cl2N3O2S/c1-12(16-8-7-15(19)9-17(16)20)23-18(21)22-10-13-5-3-4-6-14(13)11-26(2,24)25/h3-9,12H,10-11H2,1-2H3,(H3,21,22,23). The average Bonchev–Trinajstić information content (AvgIpc) is 2.52. The lowest BCUT2D eigenvalue weighted by Gasteiger charge is -2.16. The van der Waals surface area contributed by atoms with E-state index < -0.39 is 9.84 Å². The van der Waals surface area contributed by atoms with Crippen LogP contribution in [0.1, 0.15) is 29.7 Å². The Balaban J connectivity index is 2.09. The van der Waals surface area contributed by atoms with Crippen LogP contribution in [0.4, 0.5) is 0 Å². The van der Waals surface area contributed by atoms with Crippen LogP contribution in [0, 0.1) is 0 Å². The van der Waals surface area contributed by atoms with Gasteiger partial charge in [-0.2, -0.15) is 0 Å². The molecule has 2 aromatic carbocycles. The zero-order valence-electron chi connectivity index (χ0n) is 14.5. The Morgan fingerprint density at radius 1 is 1.19 bits per heavy atom. The highest BCUT2D eigenvalue weighted by molar-refractivity contribution is 7.89. The number of aliphatic imine (C=N–C) groups is 1. The molecule has 140 valence electrons. The number of sulfone groups is 1. The molecule has 0 heterocycles. The Labute approximate surface area is 164 Å². The Kier molecular flexibility index (Phi) is 6.92. The maximum absolute atomic E-state index is 11.6. The second kappa shape index (κ2) is 8.75. The van der Waals surface area contributed by atoms with Crippen LogP contribution in [0.15, 0.2) is 47.5 Å². The van der Waals surface area contributed by atoms with E-state index in [4.69, 9.17) is 28.9 Å². The van der Waals surface area contributed by atoms with Crippen molar-refractivity contribution in [2.75, 3.05) is 6.26 Å². The molecule has 2 rings (SSSR count). The Bertz CT molecular complexity index is 914. The topological polar surface area (TPSA) is 84.5 Å². The van der Waals surface area contributed by atoms with Gasteiger partial charge in [0.05, 0.1) is 18.3 Å². The summed E-state index contributed by atoms with van der Waals surface area (Å²) in [5.41, 5.74) is 8.36. The number of guanidine groups is 1. The number of rotatable bonds is 6. The van der Waals surface area contributed by atoms with E-state index in [0.717, 1.165) is 16.7 Å². The van der Waals surface area contributed by atoms with Crippen molar-refractivity contribution in [1.29, 1.82) is 0 Å². The summed E-state index contributed by atoms with van der Waals surface area (Å²) < 4.78 is 23.1. The van der Waals surface area contributed by atoms with Crippen molar-refractivity contribution in [3.05, 3.63) is 69.2 Å². The highest BCUT2D eigenvalue weighted by atomic mass is 35.5. The number of benzene rings is 2. The summed E-state index contributed by atoms with van der Waals surface area (Å²) in [6.45, 7) is 2.20. The van der Waals surface area contributed by atoms with Gasteiger partial charge in [-0.25, -0.2) is 13.4 Å². The summed E-state index contributed by atoms with van der Waals surface area (Å²) in [7, 11) is -3.12. The highest BCUT2D eigenvalue weighted by Gasteiger charge is 2.12. The van der Waals surface area contributed by atoms with E-state index in [-0.39, 0.29) is 24.3 Å². The molecule has 3 N–H and O–H groups in total. The van der Waals surface area contributed by atoms with Crippen molar-refractivity contribution in [3.63, 3.8) is 0 Å². The predicted octanol–water partition coefficient (Wildman–Crippen LogP) is 3.70. The van der Waals surface area contributed by atoms with Gasteiger partial charge in [-0.05, 0) is 35.7 Å². The minimum absolute atomic E-state index is 0.0250. The Morgan fingerprint density at radius 3 is 2.46 bits per heavy atom. The summed E-state index contributed by atoms with van der Waals surface area (Å²) in [6.07, 6.45) is 1.21. The Hall–Kier alpha value is -1.76. The summed E-state index contributed by atoms with van der Waals surface area (Å²) >= 11 is 12.1. The van der Waals surface area contributed by atoms with E-state index in [0.29, 0.717) is 10.0 Å². The molecule has 0 aliphatic heterocycles. The van der Waals surface area contributed by atoms with Crippen molar-refractivity contribution < 1.29 is 8.42 Å². The highest BCUT2D eigenvalue weighted by Crippen LogP contribution is 2.26. The number of hydrogen-bond donors (Lipinski definition) is 2. The second-order valence-electron chi connectivity index (χ2n) is 6.07. The van der Waals surface area contributed by atoms with E-state index in [2.05, 4.69) is 10.3 Å². The van der Waals surface area contributed by atoms with Crippen molar-refractivity contribution >= 4 is 39.0 Å². The van der Waals surface area contributed by atoms with Gasteiger partial charge in [0, 0.05) is 16.3 Å². The Morgan fingerprint density at radius 2 is 1.85 bits per heavy atom. The third-order valence-corrected chi connectivity index (χ3v) is 5.15. The van der Waals surface area contributed by atoms with Gasteiger partial charge in [0.1, 0.15) is 0 Å². The monoisotopic (exact) mass is 413 g/mol. The molecule has 0 saturated heterocycles. The lowest BCUT2D eigenvalue weighted by Crippen LogP contribution is -2.34. The van der Waals surface area contributed by atoms with E-state index >= 15 is 0 Å². The first-order valence-corrected chi connectivity index (χ1v) is 10.7. The molecule has 2 aromatic rings. The van der Waals surface area contributed by atoms with Crippen LogP contribution in [0.3, 0.4) is 0 Å². The SMILES string of the molecule is CC(NC(N)=NCc1ccccc1CS(C)(=O)=O)c1ccc(Cl)cc1Cl. The van der Waals surface area contributed by atoms with Crippen LogP contribution in [-0.2, 0) is 22.1 Å².